The summed E-state index contributed by atoms with van der Waals surface area (Å²) in [6.45, 7) is 7.78. The molecule has 0 bridgehead atoms. The molecule has 0 radical (unpaired) electrons. The van der Waals surface area contributed by atoms with Gasteiger partial charge in [-0.1, -0.05) is 42.5 Å². The van der Waals surface area contributed by atoms with E-state index in [1.807, 2.05) is 12.1 Å². The van der Waals surface area contributed by atoms with Crippen molar-refractivity contribution in [1.29, 1.82) is 0 Å². The molecule has 5 rings (SSSR count). The Kier molecular flexibility index (Phi) is 7.31. The number of carbonyl (C=O) groups is 1. The first-order valence-electron chi connectivity index (χ1n) is 12.9. The van der Waals surface area contributed by atoms with E-state index in [4.69, 9.17) is 4.74 Å². The minimum absolute atomic E-state index is 0.229. The number of benzene rings is 2. The molecule has 3 aromatic rings. The van der Waals surface area contributed by atoms with E-state index >= 15 is 0 Å². The van der Waals surface area contributed by atoms with Gasteiger partial charge in [-0.2, -0.15) is 0 Å². The van der Waals surface area contributed by atoms with Crippen LogP contribution in [0, 0.1) is 5.92 Å². The van der Waals surface area contributed by atoms with Gasteiger partial charge in [0.25, 0.3) is 0 Å². The van der Waals surface area contributed by atoms with E-state index in [1.54, 1.807) is 7.11 Å². The fourth-order valence-corrected chi connectivity index (χ4v) is 5.30. The van der Waals surface area contributed by atoms with Gasteiger partial charge in [-0.15, -0.1) is 0 Å². The van der Waals surface area contributed by atoms with E-state index in [0.717, 1.165) is 80.6 Å². The summed E-state index contributed by atoms with van der Waals surface area (Å²) >= 11 is 0. The van der Waals surface area contributed by atoms with Crippen LogP contribution in [-0.4, -0.2) is 66.5 Å². The highest BCUT2D eigenvalue weighted by Crippen LogP contribution is 2.37. The Labute approximate surface area is 203 Å². The Morgan fingerprint density at radius 2 is 1.68 bits per heavy atom. The average Bonchev–Trinajstić information content (AvgIpc) is 3.69. The van der Waals surface area contributed by atoms with Gasteiger partial charge in [-0.3, -0.25) is 4.79 Å². The predicted molar refractivity (Wildman–Crippen MR) is 138 cm³/mol. The molecule has 34 heavy (non-hydrogen) atoms. The van der Waals surface area contributed by atoms with Crippen LogP contribution >= 0.6 is 0 Å². The standard InChI is InChI=1S/C29H37N3O2/c1-34-27-11-5-10-25-26(29(33)24-12-13-24)22-32(28(25)27)18-7-17-30-15-6-16-31(21-20-30)19-14-23-8-3-2-4-9-23/h2-5,8-11,22,24H,6-7,12-21H2,1H3. The van der Waals surface area contributed by atoms with Gasteiger partial charge in [0.1, 0.15) is 5.75 Å². The molecule has 1 saturated heterocycles. The normalized spacial score (nSPS) is 17.7. The van der Waals surface area contributed by atoms with Crippen molar-refractivity contribution >= 4 is 16.7 Å². The maximum Gasteiger partial charge on any atom is 0.168 e. The summed E-state index contributed by atoms with van der Waals surface area (Å²) in [5.74, 6) is 1.39. The third-order valence-electron chi connectivity index (χ3n) is 7.41. The lowest BCUT2D eigenvalue weighted by Gasteiger charge is -2.22. The molecule has 0 amide bonds. The van der Waals surface area contributed by atoms with E-state index in [0.29, 0.717) is 5.78 Å². The molecule has 1 aliphatic carbocycles. The topological polar surface area (TPSA) is 37.7 Å². The molecule has 0 atom stereocenters. The zero-order valence-electron chi connectivity index (χ0n) is 20.4. The number of hydrogen-bond donors (Lipinski definition) is 0. The molecule has 1 saturated carbocycles. The van der Waals surface area contributed by atoms with Crippen molar-refractivity contribution in [2.24, 2.45) is 5.92 Å². The fourth-order valence-electron chi connectivity index (χ4n) is 5.30. The quantitative estimate of drug-likeness (QED) is 0.405. The number of aromatic nitrogens is 1. The summed E-state index contributed by atoms with van der Waals surface area (Å²) < 4.78 is 7.93. The largest absolute Gasteiger partial charge is 0.495 e. The number of carbonyl (C=O) groups excluding carboxylic acids is 1. The van der Waals surface area contributed by atoms with Gasteiger partial charge in [0.05, 0.1) is 12.6 Å². The molecule has 2 fully saturated rings. The van der Waals surface area contributed by atoms with Crippen molar-refractivity contribution in [3.05, 3.63) is 65.9 Å². The Bertz CT molecular complexity index is 1100. The molecule has 0 N–H and O–H groups in total. The van der Waals surface area contributed by atoms with Crippen molar-refractivity contribution in [2.75, 3.05) is 46.4 Å². The summed E-state index contributed by atoms with van der Waals surface area (Å²) in [4.78, 5) is 18.1. The number of Topliss-reactive ketones (excluding diaryl/α,β-unsaturated/α-hetero) is 1. The molecule has 0 spiro atoms. The maximum atomic E-state index is 12.9. The molecule has 180 valence electrons. The van der Waals surface area contributed by atoms with Gasteiger partial charge in [0.2, 0.25) is 0 Å². The monoisotopic (exact) mass is 459 g/mol. The molecule has 5 nitrogen and oxygen atoms in total. The summed E-state index contributed by atoms with van der Waals surface area (Å²) in [6.07, 6.45) is 7.59. The van der Waals surface area contributed by atoms with Crippen LogP contribution in [0.5, 0.6) is 5.75 Å². The second-order valence-corrected chi connectivity index (χ2v) is 9.86. The maximum absolute atomic E-state index is 12.9. The summed E-state index contributed by atoms with van der Waals surface area (Å²) in [5, 5.41) is 1.04. The molecule has 2 aliphatic rings. The summed E-state index contributed by atoms with van der Waals surface area (Å²) in [5.41, 5.74) is 3.37. The molecule has 5 heteroatoms. The summed E-state index contributed by atoms with van der Waals surface area (Å²) in [6, 6.07) is 16.9. The number of rotatable bonds is 10. The highest BCUT2D eigenvalue weighted by Gasteiger charge is 2.32. The van der Waals surface area contributed by atoms with Crippen molar-refractivity contribution in [2.45, 2.75) is 38.6 Å². The van der Waals surface area contributed by atoms with Crippen molar-refractivity contribution in [3.63, 3.8) is 0 Å². The first-order valence-corrected chi connectivity index (χ1v) is 12.9. The second kappa shape index (κ2) is 10.7. The Balaban J connectivity index is 1.17. The van der Waals surface area contributed by atoms with Crippen LogP contribution in [0.3, 0.4) is 0 Å². The number of methoxy groups -OCH3 is 1. The first kappa shape index (κ1) is 23.1. The Morgan fingerprint density at radius 1 is 0.912 bits per heavy atom. The number of fused-ring (bicyclic) bond motifs is 1. The predicted octanol–water partition coefficient (Wildman–Crippen LogP) is 4.88. The van der Waals surface area contributed by atoms with Crippen LogP contribution in [-0.2, 0) is 13.0 Å². The van der Waals surface area contributed by atoms with Gasteiger partial charge in [-0.25, -0.2) is 0 Å². The number of hydrogen-bond acceptors (Lipinski definition) is 4. The summed E-state index contributed by atoms with van der Waals surface area (Å²) in [7, 11) is 1.72. The third-order valence-corrected chi connectivity index (χ3v) is 7.41. The minimum atomic E-state index is 0.229. The van der Waals surface area contributed by atoms with E-state index in [9.17, 15) is 4.79 Å². The Morgan fingerprint density at radius 3 is 2.41 bits per heavy atom. The third kappa shape index (κ3) is 5.37. The van der Waals surface area contributed by atoms with E-state index < -0.39 is 0 Å². The zero-order chi connectivity index (χ0) is 23.3. The van der Waals surface area contributed by atoms with E-state index in [2.05, 4.69) is 57.0 Å². The van der Waals surface area contributed by atoms with Crippen molar-refractivity contribution in [3.8, 4) is 5.75 Å². The number of ether oxygens (including phenoxy) is 1. The smallest absolute Gasteiger partial charge is 0.168 e. The molecular formula is C29H37N3O2. The van der Waals surface area contributed by atoms with E-state index in [1.165, 1.54) is 25.1 Å². The molecule has 1 aromatic heterocycles. The molecular weight excluding hydrogens is 422 g/mol. The van der Waals surface area contributed by atoms with Crippen LogP contribution in [0.1, 0.15) is 41.6 Å². The van der Waals surface area contributed by atoms with Gasteiger partial charge < -0.3 is 19.1 Å². The molecule has 1 aliphatic heterocycles. The number of aryl methyl sites for hydroxylation is 1. The van der Waals surface area contributed by atoms with Crippen LogP contribution in [0.15, 0.2) is 54.7 Å². The first-order chi connectivity index (χ1) is 16.7. The lowest BCUT2D eigenvalue weighted by atomic mass is 10.1. The van der Waals surface area contributed by atoms with Gasteiger partial charge in [0.15, 0.2) is 5.78 Å². The number of ketones is 1. The molecule has 2 heterocycles. The fraction of sp³-hybridized carbons (Fsp3) is 0.483. The van der Waals surface area contributed by atoms with Crippen LogP contribution in [0.4, 0.5) is 0 Å². The van der Waals surface area contributed by atoms with Crippen LogP contribution < -0.4 is 4.74 Å². The van der Waals surface area contributed by atoms with Gasteiger partial charge >= 0.3 is 0 Å². The SMILES string of the molecule is COc1cccc2c(C(=O)C3CC3)cn(CCCN3CCCN(CCc4ccccc4)CC3)c12. The van der Waals surface area contributed by atoms with Crippen LogP contribution in [0.2, 0.25) is 0 Å². The highest BCUT2D eigenvalue weighted by atomic mass is 16.5. The van der Waals surface area contributed by atoms with Gasteiger partial charge in [0, 0.05) is 49.2 Å². The second-order valence-electron chi connectivity index (χ2n) is 9.86. The average molecular weight is 460 g/mol. The lowest BCUT2D eigenvalue weighted by molar-refractivity contribution is 0.0969. The lowest BCUT2D eigenvalue weighted by Crippen LogP contribution is -2.32. The minimum Gasteiger partial charge on any atom is -0.495 e. The van der Waals surface area contributed by atoms with Crippen LogP contribution in [0.25, 0.3) is 10.9 Å². The van der Waals surface area contributed by atoms with Gasteiger partial charge in [-0.05, 0) is 63.4 Å². The number of para-hydroxylation sites is 1. The van der Waals surface area contributed by atoms with Crippen molar-refractivity contribution < 1.29 is 9.53 Å². The molecule has 2 aromatic carbocycles. The highest BCUT2D eigenvalue weighted by molar-refractivity contribution is 6.11. The van der Waals surface area contributed by atoms with Crippen molar-refractivity contribution in [1.82, 2.24) is 14.4 Å². The molecule has 0 unspecified atom stereocenters. The number of nitrogens with zero attached hydrogens (tertiary/aromatic N) is 3. The van der Waals surface area contributed by atoms with E-state index in [-0.39, 0.29) is 5.92 Å². The zero-order valence-corrected chi connectivity index (χ0v) is 20.4. The Hall–Kier alpha value is -2.63.